The van der Waals surface area contributed by atoms with Crippen molar-refractivity contribution in [3.63, 3.8) is 0 Å². The average Bonchev–Trinajstić information content (AvgIpc) is 2.96. The maximum absolute atomic E-state index is 9.57. The maximum Gasteiger partial charge on any atom is 0.161 e. The van der Waals surface area contributed by atoms with Crippen LogP contribution < -0.4 is 9.47 Å². The van der Waals surface area contributed by atoms with Crippen molar-refractivity contribution in [1.29, 1.82) is 5.26 Å². The minimum atomic E-state index is 0.447. The van der Waals surface area contributed by atoms with E-state index in [1.54, 1.807) is 32.6 Å². The normalized spacial score (nSPS) is 11.3. The second-order valence-electron chi connectivity index (χ2n) is 5.12. The van der Waals surface area contributed by atoms with E-state index in [0.717, 1.165) is 16.7 Å². The minimum Gasteiger partial charge on any atom is -0.493 e. The first-order valence-electron chi connectivity index (χ1n) is 7.29. The molecule has 0 spiro atoms. The van der Waals surface area contributed by atoms with Gasteiger partial charge >= 0.3 is 0 Å². The quantitative estimate of drug-likeness (QED) is 0.691. The number of rotatable bonds is 4. The highest BCUT2D eigenvalue weighted by Crippen LogP contribution is 2.29. The summed E-state index contributed by atoms with van der Waals surface area (Å²) in [7, 11) is 5.01. The zero-order chi connectivity index (χ0) is 17.1. The van der Waals surface area contributed by atoms with Gasteiger partial charge in [0.1, 0.15) is 11.6 Å². The number of hydrogen-bond acceptors (Lipinski definition) is 5. The first-order valence-corrected chi connectivity index (χ1v) is 7.29. The van der Waals surface area contributed by atoms with Crippen LogP contribution in [0.15, 0.2) is 36.5 Å². The first kappa shape index (κ1) is 15.6. The van der Waals surface area contributed by atoms with Crippen molar-refractivity contribution >= 4 is 22.8 Å². The highest BCUT2D eigenvalue weighted by atomic mass is 16.5. The third-order valence-corrected chi connectivity index (χ3v) is 3.71. The smallest absolute Gasteiger partial charge is 0.161 e. The molecule has 0 saturated carbocycles. The highest BCUT2D eigenvalue weighted by Gasteiger charge is 2.13. The van der Waals surface area contributed by atoms with Crippen molar-refractivity contribution in [1.82, 2.24) is 14.5 Å². The molecule has 6 heteroatoms. The fourth-order valence-electron chi connectivity index (χ4n) is 2.52. The van der Waals surface area contributed by atoms with Gasteiger partial charge in [0.2, 0.25) is 0 Å². The topological polar surface area (TPSA) is 73.0 Å². The van der Waals surface area contributed by atoms with E-state index < -0.39 is 0 Å². The Morgan fingerprint density at radius 3 is 2.67 bits per heavy atom. The summed E-state index contributed by atoms with van der Waals surface area (Å²) < 4.78 is 12.3. The van der Waals surface area contributed by atoms with Crippen LogP contribution in [0.4, 0.5) is 0 Å². The standard InChI is InChI=1S/C18H16N4O2/c1-22-17(21-14-5-4-8-20-18(14)22)13(11-19)9-12-6-7-15(23-2)16(10-12)24-3/h4-10H,1-3H3/b13-9+. The van der Waals surface area contributed by atoms with Crippen molar-refractivity contribution in [3.8, 4) is 17.6 Å². The number of aryl methyl sites for hydroxylation is 1. The second-order valence-corrected chi connectivity index (χ2v) is 5.12. The van der Waals surface area contributed by atoms with E-state index in [9.17, 15) is 5.26 Å². The summed E-state index contributed by atoms with van der Waals surface area (Å²) in [6, 6.07) is 11.4. The van der Waals surface area contributed by atoms with E-state index >= 15 is 0 Å². The number of ether oxygens (including phenoxy) is 2. The Bertz CT molecular complexity index is 967. The molecule has 120 valence electrons. The van der Waals surface area contributed by atoms with Crippen molar-refractivity contribution in [2.75, 3.05) is 14.2 Å². The van der Waals surface area contributed by atoms with Crippen LogP contribution in [0.1, 0.15) is 11.4 Å². The van der Waals surface area contributed by atoms with Crippen LogP contribution in [0.25, 0.3) is 22.8 Å². The molecule has 0 fully saturated rings. The molecule has 0 radical (unpaired) electrons. The van der Waals surface area contributed by atoms with E-state index in [0.29, 0.717) is 22.9 Å². The number of allylic oxidation sites excluding steroid dienone is 1. The summed E-state index contributed by atoms with van der Waals surface area (Å²) in [5.74, 6) is 1.82. The van der Waals surface area contributed by atoms with Crippen LogP contribution in [-0.2, 0) is 7.05 Å². The van der Waals surface area contributed by atoms with Gasteiger partial charge < -0.3 is 14.0 Å². The molecule has 2 aromatic heterocycles. The van der Waals surface area contributed by atoms with Gasteiger partial charge in [-0.1, -0.05) is 6.07 Å². The summed E-state index contributed by atoms with van der Waals surface area (Å²) >= 11 is 0. The Morgan fingerprint density at radius 2 is 2.00 bits per heavy atom. The third-order valence-electron chi connectivity index (χ3n) is 3.71. The van der Waals surface area contributed by atoms with Gasteiger partial charge in [0.25, 0.3) is 0 Å². The van der Waals surface area contributed by atoms with Crippen LogP contribution >= 0.6 is 0 Å². The van der Waals surface area contributed by atoms with Crippen molar-refractivity contribution in [2.45, 2.75) is 0 Å². The molecule has 0 aliphatic carbocycles. The van der Waals surface area contributed by atoms with E-state index in [1.165, 1.54) is 0 Å². The summed E-state index contributed by atoms with van der Waals surface area (Å²) in [5, 5.41) is 9.57. The van der Waals surface area contributed by atoms with E-state index in [2.05, 4.69) is 16.0 Å². The molecule has 2 heterocycles. The fraction of sp³-hybridized carbons (Fsp3) is 0.167. The minimum absolute atomic E-state index is 0.447. The summed E-state index contributed by atoms with van der Waals surface area (Å²) in [6.07, 6.45) is 3.47. The lowest BCUT2D eigenvalue weighted by Crippen LogP contribution is -1.97. The number of nitrogens with zero attached hydrogens (tertiary/aromatic N) is 4. The molecule has 3 rings (SSSR count). The first-order chi connectivity index (χ1) is 11.7. The maximum atomic E-state index is 9.57. The Morgan fingerprint density at radius 1 is 1.21 bits per heavy atom. The van der Waals surface area contributed by atoms with Gasteiger partial charge in [-0.25, -0.2) is 9.97 Å². The van der Waals surface area contributed by atoms with Crippen molar-refractivity contribution in [3.05, 3.63) is 47.9 Å². The van der Waals surface area contributed by atoms with Crippen molar-refractivity contribution in [2.24, 2.45) is 7.05 Å². The number of benzene rings is 1. The molecule has 6 nitrogen and oxygen atoms in total. The third kappa shape index (κ3) is 2.68. The SMILES string of the molecule is COc1ccc(/C=C(\C#N)c2nc3cccnc3n2C)cc1OC. The fourth-order valence-corrected chi connectivity index (χ4v) is 2.52. The zero-order valence-corrected chi connectivity index (χ0v) is 13.6. The molecular weight excluding hydrogens is 304 g/mol. The van der Waals surface area contributed by atoms with Crippen LogP contribution in [0.3, 0.4) is 0 Å². The summed E-state index contributed by atoms with van der Waals surface area (Å²) in [4.78, 5) is 8.81. The van der Waals surface area contributed by atoms with Gasteiger partial charge in [0.05, 0.1) is 19.8 Å². The molecule has 0 unspecified atom stereocenters. The van der Waals surface area contributed by atoms with Crippen LogP contribution in [0, 0.1) is 11.3 Å². The predicted molar refractivity (Wildman–Crippen MR) is 91.5 cm³/mol. The van der Waals surface area contributed by atoms with Gasteiger partial charge in [0.15, 0.2) is 23.0 Å². The summed E-state index contributed by atoms with van der Waals surface area (Å²) in [5.41, 5.74) is 2.76. The highest BCUT2D eigenvalue weighted by molar-refractivity contribution is 5.90. The van der Waals surface area contributed by atoms with Gasteiger partial charge in [-0.15, -0.1) is 0 Å². The Kier molecular flexibility index (Phi) is 4.17. The Labute approximate surface area is 139 Å². The number of imidazole rings is 1. The van der Waals surface area contributed by atoms with Gasteiger partial charge in [-0.2, -0.15) is 5.26 Å². The van der Waals surface area contributed by atoms with Crippen LogP contribution in [0.2, 0.25) is 0 Å². The van der Waals surface area contributed by atoms with E-state index in [-0.39, 0.29) is 0 Å². The lowest BCUT2D eigenvalue weighted by atomic mass is 10.1. The molecule has 0 aliphatic rings. The van der Waals surface area contributed by atoms with Gasteiger partial charge in [-0.05, 0) is 35.9 Å². The molecule has 0 saturated heterocycles. The second kappa shape index (κ2) is 6.42. The molecule has 0 amide bonds. The number of nitriles is 1. The number of hydrogen-bond donors (Lipinski definition) is 0. The predicted octanol–water partition coefficient (Wildman–Crippen LogP) is 3.05. The van der Waals surface area contributed by atoms with E-state index in [4.69, 9.17) is 9.47 Å². The van der Waals surface area contributed by atoms with Crippen LogP contribution in [0.5, 0.6) is 11.5 Å². The largest absolute Gasteiger partial charge is 0.493 e. The van der Waals surface area contributed by atoms with E-state index in [1.807, 2.05) is 35.9 Å². The Hall–Kier alpha value is -3.33. The molecule has 0 bridgehead atoms. The molecule has 1 aromatic carbocycles. The van der Waals surface area contributed by atoms with Gasteiger partial charge in [0, 0.05) is 13.2 Å². The number of fused-ring (bicyclic) bond motifs is 1. The lowest BCUT2D eigenvalue weighted by molar-refractivity contribution is 0.355. The molecule has 0 N–H and O–H groups in total. The number of aromatic nitrogens is 3. The molecule has 0 aliphatic heterocycles. The molecule has 0 atom stereocenters. The number of pyridine rings is 1. The zero-order valence-electron chi connectivity index (χ0n) is 13.6. The Balaban J connectivity index is 2.09. The molecular formula is C18H16N4O2. The van der Waals surface area contributed by atoms with Gasteiger partial charge in [-0.3, -0.25) is 0 Å². The summed E-state index contributed by atoms with van der Waals surface area (Å²) in [6.45, 7) is 0. The number of methoxy groups -OCH3 is 2. The molecule has 3 aromatic rings. The molecule has 24 heavy (non-hydrogen) atoms. The monoisotopic (exact) mass is 320 g/mol. The van der Waals surface area contributed by atoms with Crippen LogP contribution in [-0.4, -0.2) is 28.8 Å². The lowest BCUT2D eigenvalue weighted by Gasteiger charge is -2.08. The van der Waals surface area contributed by atoms with Crippen molar-refractivity contribution < 1.29 is 9.47 Å². The average molecular weight is 320 g/mol.